The van der Waals surface area contributed by atoms with E-state index < -0.39 is 0 Å². The highest BCUT2D eigenvalue weighted by Gasteiger charge is 2.18. The number of methoxy groups -OCH3 is 3. The molecule has 0 aliphatic heterocycles. The van der Waals surface area contributed by atoms with Crippen LogP contribution < -0.4 is 19.5 Å². The number of nitrogens with zero attached hydrogens (tertiary/aromatic N) is 1. The summed E-state index contributed by atoms with van der Waals surface area (Å²) in [5.74, 6) is 1.93. The molecule has 6 nitrogen and oxygen atoms in total. The Bertz CT molecular complexity index is 1020. The predicted octanol–water partition coefficient (Wildman–Crippen LogP) is 4.06. The molecule has 1 heterocycles. The number of hydrogen-bond acceptors (Lipinski definition) is 5. The van der Waals surface area contributed by atoms with Crippen molar-refractivity contribution in [2.24, 2.45) is 0 Å². The Morgan fingerprint density at radius 1 is 0.964 bits per heavy atom. The van der Waals surface area contributed by atoms with Crippen LogP contribution in [0.5, 0.6) is 17.2 Å². The first-order valence-corrected chi connectivity index (χ1v) is 8.95. The van der Waals surface area contributed by atoms with Crippen molar-refractivity contribution in [3.63, 3.8) is 0 Å². The van der Waals surface area contributed by atoms with E-state index in [1.807, 2.05) is 56.3 Å². The molecule has 146 valence electrons. The maximum absolute atomic E-state index is 12.9. The molecule has 1 amide bonds. The van der Waals surface area contributed by atoms with E-state index in [1.54, 1.807) is 21.3 Å². The Morgan fingerprint density at radius 2 is 1.64 bits per heavy atom. The maximum atomic E-state index is 12.9. The zero-order valence-corrected chi connectivity index (χ0v) is 16.7. The number of fused-ring (bicyclic) bond motifs is 1. The third-order valence-electron chi connectivity index (χ3n) is 4.71. The van der Waals surface area contributed by atoms with Crippen LogP contribution >= 0.6 is 0 Å². The van der Waals surface area contributed by atoms with Crippen LogP contribution in [-0.4, -0.2) is 32.2 Å². The summed E-state index contributed by atoms with van der Waals surface area (Å²) >= 11 is 0. The fourth-order valence-corrected chi connectivity index (χ4v) is 3.13. The van der Waals surface area contributed by atoms with Crippen LogP contribution in [0.1, 0.15) is 34.6 Å². The first-order valence-electron chi connectivity index (χ1n) is 8.95. The summed E-state index contributed by atoms with van der Waals surface area (Å²) < 4.78 is 16.0. The molecule has 0 spiro atoms. The van der Waals surface area contributed by atoms with Gasteiger partial charge in [0.15, 0.2) is 0 Å². The molecule has 1 unspecified atom stereocenters. The summed E-state index contributed by atoms with van der Waals surface area (Å²) in [5.41, 5.74) is 2.82. The molecule has 1 N–H and O–H groups in total. The molecule has 3 aromatic rings. The smallest absolute Gasteiger partial charge is 0.253 e. The lowest BCUT2D eigenvalue weighted by atomic mass is 10.0. The topological polar surface area (TPSA) is 69.7 Å². The molecule has 28 heavy (non-hydrogen) atoms. The number of carbonyl (C=O) groups excluding carboxylic acids is 1. The molecule has 1 aromatic heterocycles. The average molecular weight is 380 g/mol. The lowest BCUT2D eigenvalue weighted by Crippen LogP contribution is -2.27. The molecule has 0 aliphatic rings. The normalized spacial score (nSPS) is 11.8. The van der Waals surface area contributed by atoms with Gasteiger partial charge in [0.05, 0.1) is 44.1 Å². The highest BCUT2D eigenvalue weighted by molar-refractivity contribution is 5.99. The van der Waals surface area contributed by atoms with Crippen molar-refractivity contribution in [1.82, 2.24) is 10.3 Å². The molecule has 0 aliphatic carbocycles. The number of benzene rings is 2. The minimum atomic E-state index is -0.275. The SMILES string of the molecule is COc1ccc(OC)c(C(C)NC(=O)c2cc3ccc(OC)cc3nc2C)c1. The second-order valence-corrected chi connectivity index (χ2v) is 6.48. The predicted molar refractivity (Wildman–Crippen MR) is 108 cm³/mol. The fourth-order valence-electron chi connectivity index (χ4n) is 3.13. The van der Waals surface area contributed by atoms with Crippen molar-refractivity contribution < 1.29 is 19.0 Å². The largest absolute Gasteiger partial charge is 0.497 e. The molecule has 1 atom stereocenters. The van der Waals surface area contributed by atoms with Crippen molar-refractivity contribution in [3.05, 3.63) is 59.3 Å². The number of aromatic nitrogens is 1. The number of amides is 1. The molecule has 0 bridgehead atoms. The molecule has 0 fully saturated rings. The van der Waals surface area contributed by atoms with E-state index in [0.717, 1.165) is 22.2 Å². The summed E-state index contributed by atoms with van der Waals surface area (Å²) in [5, 5.41) is 3.91. The molecule has 2 aromatic carbocycles. The van der Waals surface area contributed by atoms with Crippen LogP contribution in [0.4, 0.5) is 0 Å². The van der Waals surface area contributed by atoms with Gasteiger partial charge in [-0.25, -0.2) is 0 Å². The number of pyridine rings is 1. The van der Waals surface area contributed by atoms with E-state index in [1.165, 1.54) is 0 Å². The number of ether oxygens (including phenoxy) is 3. The van der Waals surface area contributed by atoms with Crippen molar-refractivity contribution in [3.8, 4) is 17.2 Å². The molecular weight excluding hydrogens is 356 g/mol. The first-order chi connectivity index (χ1) is 13.5. The van der Waals surface area contributed by atoms with Gasteiger partial charge in [0, 0.05) is 17.0 Å². The van der Waals surface area contributed by atoms with E-state index in [2.05, 4.69) is 10.3 Å². The zero-order valence-electron chi connectivity index (χ0n) is 16.7. The van der Waals surface area contributed by atoms with Crippen LogP contribution in [0.15, 0.2) is 42.5 Å². The summed E-state index contributed by atoms with van der Waals surface area (Å²) in [6.07, 6.45) is 0. The van der Waals surface area contributed by atoms with Gasteiger partial charge in [0.25, 0.3) is 5.91 Å². The molecule has 0 saturated carbocycles. The van der Waals surface area contributed by atoms with Crippen molar-refractivity contribution >= 4 is 16.8 Å². The standard InChI is InChI=1S/C22H24N2O4/c1-13(18-11-16(26-3)8-9-21(18)28-5)24-22(25)19-10-15-6-7-17(27-4)12-20(15)23-14(19)2/h6-13H,1-5H3,(H,24,25). The van der Waals surface area contributed by atoms with Crippen LogP contribution in [0.2, 0.25) is 0 Å². The Kier molecular flexibility index (Phi) is 5.68. The van der Waals surface area contributed by atoms with Crippen molar-refractivity contribution in [1.29, 1.82) is 0 Å². The third kappa shape index (κ3) is 3.86. The molecule has 3 rings (SSSR count). The quantitative estimate of drug-likeness (QED) is 0.698. The van der Waals surface area contributed by atoms with Crippen LogP contribution in [-0.2, 0) is 0 Å². The van der Waals surface area contributed by atoms with Gasteiger partial charge >= 0.3 is 0 Å². The van der Waals surface area contributed by atoms with Crippen LogP contribution in [0.25, 0.3) is 10.9 Å². The lowest BCUT2D eigenvalue weighted by molar-refractivity contribution is 0.0938. The van der Waals surface area contributed by atoms with Gasteiger partial charge in [-0.3, -0.25) is 9.78 Å². The summed E-state index contributed by atoms with van der Waals surface area (Å²) in [6.45, 7) is 3.73. The van der Waals surface area contributed by atoms with Gasteiger partial charge in [0.1, 0.15) is 17.2 Å². The van der Waals surface area contributed by atoms with E-state index in [0.29, 0.717) is 22.8 Å². The first kappa shape index (κ1) is 19.5. The Balaban J connectivity index is 1.89. The summed E-state index contributed by atoms with van der Waals surface area (Å²) in [6, 6.07) is 12.7. The number of carbonyl (C=O) groups is 1. The number of aryl methyl sites for hydroxylation is 1. The fraction of sp³-hybridized carbons (Fsp3) is 0.273. The minimum Gasteiger partial charge on any atom is -0.497 e. The second kappa shape index (κ2) is 8.17. The van der Waals surface area contributed by atoms with Gasteiger partial charge in [0.2, 0.25) is 0 Å². The lowest BCUT2D eigenvalue weighted by Gasteiger charge is -2.19. The Hall–Kier alpha value is -3.28. The maximum Gasteiger partial charge on any atom is 0.253 e. The van der Waals surface area contributed by atoms with Gasteiger partial charge in [-0.1, -0.05) is 0 Å². The van der Waals surface area contributed by atoms with Crippen molar-refractivity contribution in [2.45, 2.75) is 19.9 Å². The highest BCUT2D eigenvalue weighted by atomic mass is 16.5. The van der Waals surface area contributed by atoms with Gasteiger partial charge in [-0.15, -0.1) is 0 Å². The molecule has 0 radical (unpaired) electrons. The monoisotopic (exact) mass is 380 g/mol. The van der Waals surface area contributed by atoms with E-state index in [9.17, 15) is 4.79 Å². The Labute approximate surface area is 164 Å². The number of rotatable bonds is 6. The van der Waals surface area contributed by atoms with Crippen LogP contribution in [0.3, 0.4) is 0 Å². The van der Waals surface area contributed by atoms with Crippen LogP contribution in [0, 0.1) is 6.92 Å². The van der Waals surface area contributed by atoms with Gasteiger partial charge < -0.3 is 19.5 Å². The van der Waals surface area contributed by atoms with E-state index in [-0.39, 0.29) is 11.9 Å². The molecular formula is C22H24N2O4. The van der Waals surface area contributed by atoms with Gasteiger partial charge in [-0.2, -0.15) is 0 Å². The minimum absolute atomic E-state index is 0.194. The summed E-state index contributed by atoms with van der Waals surface area (Å²) in [4.78, 5) is 17.5. The number of hydrogen-bond donors (Lipinski definition) is 1. The Morgan fingerprint density at radius 3 is 2.32 bits per heavy atom. The van der Waals surface area contributed by atoms with Crippen molar-refractivity contribution in [2.75, 3.05) is 21.3 Å². The third-order valence-corrected chi connectivity index (χ3v) is 4.71. The van der Waals surface area contributed by atoms with E-state index in [4.69, 9.17) is 14.2 Å². The summed E-state index contributed by atoms with van der Waals surface area (Å²) in [7, 11) is 4.82. The second-order valence-electron chi connectivity index (χ2n) is 6.48. The highest BCUT2D eigenvalue weighted by Crippen LogP contribution is 2.29. The number of nitrogens with one attached hydrogen (secondary N) is 1. The zero-order chi connectivity index (χ0) is 20.3. The molecule has 0 saturated heterocycles. The average Bonchev–Trinajstić information content (AvgIpc) is 2.71. The molecule has 6 heteroatoms. The van der Waals surface area contributed by atoms with Gasteiger partial charge in [-0.05, 0) is 50.2 Å². The van der Waals surface area contributed by atoms with E-state index >= 15 is 0 Å².